The smallest absolute Gasteiger partial charge is 0.231 e. The second-order valence-corrected chi connectivity index (χ2v) is 9.47. The van der Waals surface area contributed by atoms with Crippen LogP contribution in [0.2, 0.25) is 0 Å². The Bertz CT molecular complexity index is 1130. The second kappa shape index (κ2) is 11.5. The lowest BCUT2D eigenvalue weighted by Gasteiger charge is -2.35. The number of pyridine rings is 1. The van der Waals surface area contributed by atoms with E-state index in [4.69, 9.17) is 20.2 Å². The first-order chi connectivity index (χ1) is 17.0. The average Bonchev–Trinajstić information content (AvgIpc) is 3.21. The minimum Gasteiger partial charge on any atom is -0.480 e. The summed E-state index contributed by atoms with van der Waals surface area (Å²) in [5.74, 6) is 0.880. The third kappa shape index (κ3) is 6.08. The molecule has 0 saturated carbocycles. The van der Waals surface area contributed by atoms with Gasteiger partial charge in [0.1, 0.15) is 11.6 Å². The van der Waals surface area contributed by atoms with Crippen LogP contribution in [0.1, 0.15) is 50.7 Å². The van der Waals surface area contributed by atoms with E-state index in [0.29, 0.717) is 55.0 Å². The van der Waals surface area contributed by atoms with E-state index in [0.717, 1.165) is 29.9 Å². The van der Waals surface area contributed by atoms with Crippen LogP contribution in [0.15, 0.2) is 35.2 Å². The van der Waals surface area contributed by atoms with Crippen molar-refractivity contribution < 1.29 is 9.47 Å². The van der Waals surface area contributed by atoms with Gasteiger partial charge in [-0.1, -0.05) is 0 Å². The number of nitrogens with two attached hydrogens (primary N) is 1. The summed E-state index contributed by atoms with van der Waals surface area (Å²) >= 11 is 0. The van der Waals surface area contributed by atoms with Crippen LogP contribution < -0.4 is 10.5 Å². The van der Waals surface area contributed by atoms with Crippen molar-refractivity contribution in [3.05, 3.63) is 41.4 Å². The van der Waals surface area contributed by atoms with Gasteiger partial charge in [0.05, 0.1) is 38.4 Å². The highest BCUT2D eigenvalue weighted by Gasteiger charge is 2.23. The summed E-state index contributed by atoms with van der Waals surface area (Å²) in [5, 5.41) is 14.0. The molecule has 1 unspecified atom stereocenters. The van der Waals surface area contributed by atoms with Crippen LogP contribution >= 0.6 is 0 Å². The predicted molar refractivity (Wildman–Crippen MR) is 135 cm³/mol. The van der Waals surface area contributed by atoms with Gasteiger partial charge >= 0.3 is 0 Å². The van der Waals surface area contributed by atoms with Crippen molar-refractivity contribution in [2.24, 2.45) is 16.6 Å². The lowest BCUT2D eigenvalue weighted by atomic mass is 9.97. The maximum absolute atomic E-state index is 9.40. The van der Waals surface area contributed by atoms with Crippen molar-refractivity contribution in [3.8, 4) is 11.9 Å². The van der Waals surface area contributed by atoms with Crippen molar-refractivity contribution >= 4 is 17.1 Å². The van der Waals surface area contributed by atoms with Crippen molar-refractivity contribution in [3.63, 3.8) is 0 Å². The zero-order valence-corrected chi connectivity index (χ0v) is 20.9. The maximum atomic E-state index is 9.40. The number of nitrogens with zero attached hydrogens (tertiary/aromatic N) is 6. The number of aliphatic imine (C=N–C) groups is 1. The third-order valence-corrected chi connectivity index (χ3v) is 6.74. The highest BCUT2D eigenvalue weighted by Crippen LogP contribution is 2.27. The van der Waals surface area contributed by atoms with E-state index in [-0.39, 0.29) is 5.88 Å². The van der Waals surface area contributed by atoms with Crippen molar-refractivity contribution in [2.75, 3.05) is 33.4 Å². The molecule has 35 heavy (non-hydrogen) atoms. The number of likely N-dealkylation sites (tertiary alicyclic amines) is 1. The molecule has 0 bridgehead atoms. The average molecular weight is 478 g/mol. The zero-order chi connectivity index (χ0) is 24.8. The van der Waals surface area contributed by atoms with Gasteiger partial charge in [-0.3, -0.25) is 9.67 Å². The molecular weight excluding hydrogens is 442 g/mol. The molecule has 2 aliphatic heterocycles. The van der Waals surface area contributed by atoms with Crippen molar-refractivity contribution in [1.82, 2.24) is 19.7 Å². The van der Waals surface area contributed by atoms with Gasteiger partial charge < -0.3 is 20.1 Å². The Labute approximate surface area is 207 Å². The van der Waals surface area contributed by atoms with Gasteiger partial charge in [-0.05, 0) is 57.2 Å². The number of hydrogen-bond acceptors (Lipinski definition) is 8. The van der Waals surface area contributed by atoms with E-state index >= 15 is 0 Å². The van der Waals surface area contributed by atoms with Gasteiger partial charge in [0, 0.05) is 48.7 Å². The van der Waals surface area contributed by atoms with Gasteiger partial charge in [-0.25, -0.2) is 4.98 Å². The number of aromatic nitrogens is 3. The molecule has 4 rings (SSSR count). The Morgan fingerprint density at radius 1 is 1.34 bits per heavy atom. The topological polar surface area (TPSA) is 115 Å². The summed E-state index contributed by atoms with van der Waals surface area (Å²) in [5.41, 5.74) is 11.0. The molecule has 2 saturated heterocycles. The normalized spacial score (nSPS) is 22.1. The molecule has 2 aromatic rings. The Morgan fingerprint density at radius 2 is 2.17 bits per heavy atom. The van der Waals surface area contributed by atoms with E-state index in [1.165, 1.54) is 26.5 Å². The lowest BCUT2D eigenvalue weighted by molar-refractivity contribution is 0.128. The second-order valence-electron chi connectivity index (χ2n) is 9.47. The van der Waals surface area contributed by atoms with Crippen LogP contribution in [0.25, 0.3) is 5.70 Å². The molecule has 4 heterocycles. The largest absolute Gasteiger partial charge is 0.480 e. The fourth-order valence-corrected chi connectivity index (χ4v) is 4.81. The number of rotatable bonds is 6. The highest BCUT2D eigenvalue weighted by atomic mass is 16.5. The van der Waals surface area contributed by atoms with Crippen LogP contribution in [-0.2, 0) is 11.3 Å². The van der Waals surface area contributed by atoms with E-state index in [9.17, 15) is 5.26 Å². The van der Waals surface area contributed by atoms with Gasteiger partial charge in [0.2, 0.25) is 5.88 Å². The zero-order valence-electron chi connectivity index (χ0n) is 20.9. The molecule has 0 amide bonds. The maximum Gasteiger partial charge on any atom is 0.231 e. The van der Waals surface area contributed by atoms with E-state index in [2.05, 4.69) is 34.9 Å². The standard InChI is InChI=1S/C26H35N7O2/c1-18(2)32-8-4-5-19(15-32)16-33-17-21(13-30-33)25(28)23-6-9-35-10-7-24(23)31-22-11-20(12-27)26(34-3)29-14-22/h11,13-14,17-19H,4-10,15-16,28H2,1-3H3. The molecule has 2 aliphatic rings. The highest BCUT2D eigenvalue weighted by molar-refractivity contribution is 6.07. The Hall–Kier alpha value is -3.22. The van der Waals surface area contributed by atoms with Crippen LogP contribution in [0.4, 0.5) is 5.69 Å². The van der Waals surface area contributed by atoms with Gasteiger partial charge in [0.15, 0.2) is 0 Å². The summed E-state index contributed by atoms with van der Waals surface area (Å²) < 4.78 is 12.9. The summed E-state index contributed by atoms with van der Waals surface area (Å²) in [6.07, 6.45) is 9.25. The number of hydrogen-bond donors (Lipinski definition) is 1. The monoisotopic (exact) mass is 477 g/mol. The number of nitriles is 1. The molecule has 1 atom stereocenters. The van der Waals surface area contributed by atoms with Gasteiger partial charge in [-0.15, -0.1) is 0 Å². The van der Waals surface area contributed by atoms with Gasteiger partial charge in [-0.2, -0.15) is 10.4 Å². The SMILES string of the molecule is COc1ncc(N=C2CCOCCC2=C(N)c2cnn(CC3CCCN(C(C)C)C3)c2)cc1C#N. The first-order valence-corrected chi connectivity index (χ1v) is 12.3. The molecule has 0 aliphatic carbocycles. The van der Waals surface area contributed by atoms with E-state index in [1.807, 2.05) is 17.1 Å². The summed E-state index contributed by atoms with van der Waals surface area (Å²) in [4.78, 5) is 11.6. The molecule has 2 aromatic heterocycles. The Kier molecular flexibility index (Phi) is 8.16. The molecule has 2 fully saturated rings. The molecule has 9 nitrogen and oxygen atoms in total. The van der Waals surface area contributed by atoms with Crippen LogP contribution in [0.3, 0.4) is 0 Å². The van der Waals surface area contributed by atoms with E-state index in [1.54, 1.807) is 12.3 Å². The number of methoxy groups -OCH3 is 1. The summed E-state index contributed by atoms with van der Waals surface area (Å²) in [6, 6.07) is 4.37. The Morgan fingerprint density at radius 3 is 2.94 bits per heavy atom. The minimum atomic E-state index is 0.290. The Balaban J connectivity index is 1.57. The fraction of sp³-hybridized carbons (Fsp3) is 0.538. The molecule has 2 N–H and O–H groups in total. The summed E-state index contributed by atoms with van der Waals surface area (Å²) in [6.45, 7) is 8.86. The van der Waals surface area contributed by atoms with E-state index < -0.39 is 0 Å². The first-order valence-electron chi connectivity index (χ1n) is 12.3. The quantitative estimate of drug-likeness (QED) is 0.677. The lowest BCUT2D eigenvalue weighted by Crippen LogP contribution is -2.41. The van der Waals surface area contributed by atoms with Crippen LogP contribution in [0.5, 0.6) is 5.88 Å². The fourth-order valence-electron chi connectivity index (χ4n) is 4.81. The molecule has 9 heteroatoms. The van der Waals surface area contributed by atoms with Gasteiger partial charge in [0.25, 0.3) is 0 Å². The molecule has 186 valence electrons. The van der Waals surface area contributed by atoms with Crippen molar-refractivity contribution in [2.45, 2.75) is 52.1 Å². The third-order valence-electron chi connectivity index (χ3n) is 6.74. The van der Waals surface area contributed by atoms with Crippen LogP contribution in [-0.4, -0.2) is 64.8 Å². The predicted octanol–water partition coefficient (Wildman–Crippen LogP) is 3.53. The first kappa shape index (κ1) is 24.9. The molecule has 0 spiro atoms. The summed E-state index contributed by atoms with van der Waals surface area (Å²) in [7, 11) is 1.49. The minimum absolute atomic E-state index is 0.290. The van der Waals surface area contributed by atoms with Crippen LogP contribution in [0, 0.1) is 17.2 Å². The number of piperidine rings is 1. The molecule has 0 aromatic carbocycles. The molecule has 0 radical (unpaired) electrons. The molecular formula is C26H35N7O2. The number of ether oxygens (including phenoxy) is 2. The van der Waals surface area contributed by atoms with Crippen molar-refractivity contribution in [1.29, 1.82) is 5.26 Å².